The van der Waals surface area contributed by atoms with Crippen LogP contribution in [0.3, 0.4) is 0 Å². The molecule has 1 unspecified atom stereocenters. The molecule has 118 valence electrons. The highest BCUT2D eigenvalue weighted by Gasteiger charge is 2.29. The Balaban J connectivity index is 2.28. The van der Waals surface area contributed by atoms with Crippen molar-refractivity contribution in [2.24, 2.45) is 0 Å². The van der Waals surface area contributed by atoms with E-state index in [0.29, 0.717) is 6.04 Å². The average molecular weight is 290 g/mol. The molecule has 3 heteroatoms. The molecule has 0 bridgehead atoms. The molecule has 1 aromatic carbocycles. The predicted octanol–water partition coefficient (Wildman–Crippen LogP) is 3.49. The first-order valence-electron chi connectivity index (χ1n) is 8.43. The molecule has 0 amide bonds. The van der Waals surface area contributed by atoms with Crippen molar-refractivity contribution in [3.63, 3.8) is 0 Å². The molecule has 0 saturated heterocycles. The zero-order valence-electron chi connectivity index (χ0n) is 13.7. The molecular formula is C18H30N2O. The number of aliphatic hydroxyl groups is 1. The van der Waals surface area contributed by atoms with Crippen LogP contribution in [0.2, 0.25) is 0 Å². The van der Waals surface area contributed by atoms with Gasteiger partial charge >= 0.3 is 0 Å². The number of nitrogens with one attached hydrogen (secondary N) is 1. The van der Waals surface area contributed by atoms with Gasteiger partial charge in [0.1, 0.15) is 0 Å². The third kappa shape index (κ3) is 3.78. The van der Waals surface area contributed by atoms with E-state index < -0.39 is 5.60 Å². The van der Waals surface area contributed by atoms with E-state index in [-0.39, 0.29) is 0 Å². The third-order valence-electron chi connectivity index (χ3n) is 4.83. The van der Waals surface area contributed by atoms with Crippen molar-refractivity contribution in [2.45, 2.75) is 58.1 Å². The van der Waals surface area contributed by atoms with Gasteiger partial charge in [-0.05, 0) is 43.9 Å². The minimum atomic E-state index is -0.578. The van der Waals surface area contributed by atoms with E-state index in [2.05, 4.69) is 55.3 Å². The Hall–Kier alpha value is -1.06. The van der Waals surface area contributed by atoms with Gasteiger partial charge < -0.3 is 15.3 Å². The minimum absolute atomic E-state index is 0.438. The molecular weight excluding hydrogens is 260 g/mol. The molecule has 0 saturated carbocycles. The molecule has 1 heterocycles. The number of para-hydroxylation sites is 1. The zero-order chi connectivity index (χ0) is 15.3. The summed E-state index contributed by atoms with van der Waals surface area (Å²) in [5, 5.41) is 14.3. The second-order valence-corrected chi connectivity index (χ2v) is 6.16. The SMILES string of the molecule is CCNC1CCCN(CC(O)(CC)CC)c2ccccc21. The minimum Gasteiger partial charge on any atom is -0.388 e. The summed E-state index contributed by atoms with van der Waals surface area (Å²) in [7, 11) is 0. The second kappa shape index (κ2) is 7.28. The number of hydrogen-bond acceptors (Lipinski definition) is 3. The van der Waals surface area contributed by atoms with E-state index in [4.69, 9.17) is 0 Å². The van der Waals surface area contributed by atoms with E-state index in [1.54, 1.807) is 0 Å². The smallest absolute Gasteiger partial charge is 0.0816 e. The number of β-amino-alcohol motifs (C(OH)–C–C–N with tert-alkyl or cyclic N) is 1. The summed E-state index contributed by atoms with van der Waals surface area (Å²) in [5.74, 6) is 0. The summed E-state index contributed by atoms with van der Waals surface area (Å²) >= 11 is 0. The van der Waals surface area contributed by atoms with Gasteiger partial charge in [-0.2, -0.15) is 0 Å². The van der Waals surface area contributed by atoms with Crippen molar-refractivity contribution in [3.05, 3.63) is 29.8 Å². The summed E-state index contributed by atoms with van der Waals surface area (Å²) in [6.07, 6.45) is 3.94. The monoisotopic (exact) mass is 290 g/mol. The van der Waals surface area contributed by atoms with Gasteiger partial charge in [-0.25, -0.2) is 0 Å². The summed E-state index contributed by atoms with van der Waals surface area (Å²) in [5.41, 5.74) is 2.10. The topological polar surface area (TPSA) is 35.5 Å². The van der Waals surface area contributed by atoms with Crippen LogP contribution in [-0.2, 0) is 0 Å². The molecule has 0 radical (unpaired) electrons. The Bertz CT molecular complexity index is 443. The first-order valence-corrected chi connectivity index (χ1v) is 8.43. The fourth-order valence-electron chi connectivity index (χ4n) is 3.28. The second-order valence-electron chi connectivity index (χ2n) is 6.16. The largest absolute Gasteiger partial charge is 0.388 e. The van der Waals surface area contributed by atoms with E-state index >= 15 is 0 Å². The lowest BCUT2D eigenvalue weighted by atomic mass is 9.96. The number of nitrogens with zero attached hydrogens (tertiary/aromatic N) is 1. The maximum absolute atomic E-state index is 10.7. The molecule has 2 N–H and O–H groups in total. The first kappa shape index (κ1) is 16.3. The number of anilines is 1. The standard InChI is InChI=1S/C18H30N2O/c1-4-18(21,5-2)14-20-13-9-11-16(19-6-3)15-10-7-8-12-17(15)20/h7-8,10,12,16,19,21H,4-6,9,11,13-14H2,1-3H3. The van der Waals surface area contributed by atoms with Crippen molar-refractivity contribution in [3.8, 4) is 0 Å². The van der Waals surface area contributed by atoms with Crippen molar-refractivity contribution >= 4 is 5.69 Å². The van der Waals surface area contributed by atoms with Crippen LogP contribution in [0.4, 0.5) is 5.69 Å². The van der Waals surface area contributed by atoms with E-state index in [1.807, 2.05) is 0 Å². The van der Waals surface area contributed by atoms with Crippen LogP contribution in [0.1, 0.15) is 58.1 Å². The van der Waals surface area contributed by atoms with Crippen molar-refractivity contribution in [1.29, 1.82) is 0 Å². The Morgan fingerprint density at radius 1 is 1.24 bits per heavy atom. The molecule has 1 aliphatic rings. The van der Waals surface area contributed by atoms with Crippen LogP contribution < -0.4 is 10.2 Å². The van der Waals surface area contributed by atoms with Crippen molar-refractivity contribution < 1.29 is 5.11 Å². The molecule has 3 nitrogen and oxygen atoms in total. The summed E-state index contributed by atoms with van der Waals surface area (Å²) < 4.78 is 0. The van der Waals surface area contributed by atoms with E-state index in [0.717, 1.165) is 45.3 Å². The fraction of sp³-hybridized carbons (Fsp3) is 0.667. The van der Waals surface area contributed by atoms with Gasteiger partial charge in [0.2, 0.25) is 0 Å². The van der Waals surface area contributed by atoms with Crippen LogP contribution >= 0.6 is 0 Å². The maximum Gasteiger partial charge on any atom is 0.0816 e. The van der Waals surface area contributed by atoms with Crippen LogP contribution in [0.15, 0.2) is 24.3 Å². The van der Waals surface area contributed by atoms with Crippen molar-refractivity contribution in [2.75, 3.05) is 24.5 Å². The van der Waals surface area contributed by atoms with Crippen LogP contribution in [0, 0.1) is 0 Å². The zero-order valence-corrected chi connectivity index (χ0v) is 13.7. The highest BCUT2D eigenvalue weighted by molar-refractivity contribution is 5.56. The fourth-order valence-corrected chi connectivity index (χ4v) is 3.28. The number of rotatable bonds is 6. The average Bonchev–Trinajstić information content (AvgIpc) is 2.68. The molecule has 2 rings (SSSR count). The summed E-state index contributed by atoms with van der Waals surface area (Å²) in [6.45, 7) is 9.07. The lowest BCUT2D eigenvalue weighted by molar-refractivity contribution is 0.0393. The third-order valence-corrected chi connectivity index (χ3v) is 4.83. The molecule has 1 atom stereocenters. The van der Waals surface area contributed by atoms with E-state index in [1.165, 1.54) is 11.3 Å². The molecule has 0 aromatic heterocycles. The molecule has 0 spiro atoms. The number of hydrogen-bond donors (Lipinski definition) is 2. The first-order chi connectivity index (χ1) is 10.1. The Kier molecular flexibility index (Phi) is 5.65. The van der Waals surface area contributed by atoms with Gasteiger partial charge in [-0.3, -0.25) is 0 Å². The van der Waals surface area contributed by atoms with Crippen molar-refractivity contribution in [1.82, 2.24) is 5.32 Å². The molecule has 0 aliphatic carbocycles. The molecule has 1 aliphatic heterocycles. The Labute approximate surface area is 129 Å². The number of fused-ring (bicyclic) bond motifs is 1. The van der Waals surface area contributed by atoms with Gasteiger partial charge in [-0.1, -0.05) is 39.0 Å². The van der Waals surface area contributed by atoms with E-state index in [9.17, 15) is 5.11 Å². The van der Waals surface area contributed by atoms with Crippen LogP contribution in [0.5, 0.6) is 0 Å². The van der Waals surface area contributed by atoms with Gasteiger partial charge in [0, 0.05) is 24.8 Å². The normalized spacial score (nSPS) is 19.2. The van der Waals surface area contributed by atoms with Crippen LogP contribution in [0.25, 0.3) is 0 Å². The highest BCUT2D eigenvalue weighted by atomic mass is 16.3. The quantitative estimate of drug-likeness (QED) is 0.842. The summed E-state index contributed by atoms with van der Waals surface area (Å²) in [4.78, 5) is 2.39. The maximum atomic E-state index is 10.7. The van der Waals surface area contributed by atoms with Crippen LogP contribution in [-0.4, -0.2) is 30.3 Å². The predicted molar refractivity (Wildman–Crippen MR) is 89.8 cm³/mol. The van der Waals surface area contributed by atoms with Gasteiger partial charge in [0.15, 0.2) is 0 Å². The Morgan fingerprint density at radius 3 is 2.62 bits per heavy atom. The Morgan fingerprint density at radius 2 is 1.95 bits per heavy atom. The lowest BCUT2D eigenvalue weighted by Gasteiger charge is -2.35. The number of benzene rings is 1. The highest BCUT2D eigenvalue weighted by Crippen LogP contribution is 2.34. The molecule has 21 heavy (non-hydrogen) atoms. The lowest BCUT2D eigenvalue weighted by Crippen LogP contribution is -2.42. The molecule has 0 fully saturated rings. The van der Waals surface area contributed by atoms with Gasteiger partial charge in [-0.15, -0.1) is 0 Å². The van der Waals surface area contributed by atoms with Gasteiger partial charge in [0.25, 0.3) is 0 Å². The van der Waals surface area contributed by atoms with Gasteiger partial charge in [0.05, 0.1) is 5.60 Å². The molecule has 1 aromatic rings. The summed E-state index contributed by atoms with van der Waals surface area (Å²) in [6, 6.07) is 9.11.